The van der Waals surface area contributed by atoms with E-state index in [1.54, 1.807) is 16.8 Å². The number of pyridine rings is 1. The van der Waals surface area contributed by atoms with Gasteiger partial charge >= 0.3 is 5.97 Å². The number of aliphatic imine (C=N–C) groups is 1. The number of fused-ring (bicyclic) bond motifs is 4. The molecule has 1 amide bonds. The van der Waals surface area contributed by atoms with E-state index >= 15 is 4.79 Å². The van der Waals surface area contributed by atoms with Crippen molar-refractivity contribution in [2.24, 2.45) is 12.0 Å². The summed E-state index contributed by atoms with van der Waals surface area (Å²) in [5.41, 5.74) is 11.5. The predicted octanol–water partition coefficient (Wildman–Crippen LogP) is 10.00. The van der Waals surface area contributed by atoms with E-state index < -0.39 is 5.97 Å². The Labute approximate surface area is 369 Å². The largest absolute Gasteiger partial charge is 0.494 e. The van der Waals surface area contributed by atoms with Crippen molar-refractivity contribution in [3.05, 3.63) is 127 Å². The van der Waals surface area contributed by atoms with Crippen LogP contribution in [0.1, 0.15) is 85.3 Å². The van der Waals surface area contributed by atoms with Crippen LogP contribution in [0.3, 0.4) is 0 Å². The van der Waals surface area contributed by atoms with Crippen molar-refractivity contribution in [3.8, 4) is 16.9 Å². The van der Waals surface area contributed by atoms with Gasteiger partial charge in [-0.15, -0.1) is 0 Å². The van der Waals surface area contributed by atoms with E-state index in [1.807, 2.05) is 99.8 Å². The average Bonchev–Trinajstić information content (AvgIpc) is 4.02. The monoisotopic (exact) mass is 871 g/mol. The lowest BCUT2D eigenvalue weighted by molar-refractivity contribution is 0.0686. The molecule has 12 nitrogen and oxygen atoms in total. The topological polar surface area (TPSA) is 129 Å². The highest BCUT2D eigenvalue weighted by Gasteiger charge is 2.38. The van der Waals surface area contributed by atoms with Crippen LogP contribution in [0.2, 0.25) is 10.0 Å². The fourth-order valence-electron chi connectivity index (χ4n) is 9.39. The quantitative estimate of drug-likeness (QED) is 0.128. The van der Waals surface area contributed by atoms with E-state index in [1.165, 1.54) is 0 Å². The Bertz CT molecular complexity index is 3010. The van der Waals surface area contributed by atoms with Crippen LogP contribution in [0.15, 0.2) is 65.8 Å². The van der Waals surface area contributed by atoms with Gasteiger partial charge in [-0.1, -0.05) is 29.3 Å². The van der Waals surface area contributed by atoms with E-state index in [2.05, 4.69) is 21.5 Å². The Hall–Kier alpha value is -6.11. The molecule has 1 unspecified atom stereocenters. The second kappa shape index (κ2) is 16.0. The van der Waals surface area contributed by atoms with Crippen molar-refractivity contribution in [3.63, 3.8) is 0 Å². The van der Waals surface area contributed by atoms with Gasteiger partial charge in [-0.25, -0.2) is 9.79 Å². The first kappa shape index (κ1) is 41.3. The molecular weight excluding hydrogens is 825 g/mol. The zero-order chi connectivity index (χ0) is 43.7. The van der Waals surface area contributed by atoms with Gasteiger partial charge < -0.3 is 28.6 Å². The van der Waals surface area contributed by atoms with Gasteiger partial charge in [-0.3, -0.25) is 14.5 Å². The number of hydrogen-bond donors (Lipinski definition) is 1. The van der Waals surface area contributed by atoms with Gasteiger partial charge in [-0.05, 0) is 125 Å². The summed E-state index contributed by atoms with van der Waals surface area (Å²) < 4.78 is 17.8. The zero-order valence-corrected chi connectivity index (χ0v) is 37.3. The number of nitrogens with zero attached hydrogens (tertiary/aromatic N) is 7. The number of benzene rings is 3. The van der Waals surface area contributed by atoms with Gasteiger partial charge in [0.05, 0.1) is 52.8 Å². The minimum Gasteiger partial charge on any atom is -0.494 e. The number of carboxylic acids is 1. The summed E-state index contributed by atoms with van der Waals surface area (Å²) in [7, 11) is 1.92. The van der Waals surface area contributed by atoms with E-state index in [0.717, 1.165) is 72.0 Å². The van der Waals surface area contributed by atoms with Gasteiger partial charge in [0.1, 0.15) is 23.7 Å². The maximum absolute atomic E-state index is 15.6. The predicted molar refractivity (Wildman–Crippen MR) is 244 cm³/mol. The van der Waals surface area contributed by atoms with Crippen LogP contribution < -0.4 is 9.64 Å². The van der Waals surface area contributed by atoms with Crippen molar-refractivity contribution >= 4 is 68.5 Å². The van der Waals surface area contributed by atoms with E-state index in [9.17, 15) is 9.90 Å². The van der Waals surface area contributed by atoms with E-state index in [-0.39, 0.29) is 24.2 Å². The lowest BCUT2D eigenvalue weighted by atomic mass is 9.98. The zero-order valence-electron chi connectivity index (χ0n) is 35.8. The van der Waals surface area contributed by atoms with Crippen molar-refractivity contribution in [1.82, 2.24) is 23.9 Å². The minimum absolute atomic E-state index is 0.0911. The number of anilines is 1. The molecule has 1 atom stereocenters. The average molecular weight is 873 g/mol. The number of carbonyl (C=O) groups excluding carboxylic acids is 1. The molecule has 0 saturated carbocycles. The Morgan fingerprint density at radius 2 is 1.76 bits per heavy atom. The molecule has 0 spiro atoms. The van der Waals surface area contributed by atoms with Crippen LogP contribution in [0.5, 0.6) is 5.75 Å². The summed E-state index contributed by atoms with van der Waals surface area (Å²) in [6, 6.07) is 17.0. The fraction of sp³-hybridized carbons (Fsp3) is 0.312. The molecule has 3 aromatic carbocycles. The van der Waals surface area contributed by atoms with Gasteiger partial charge in [0.25, 0.3) is 5.91 Å². The lowest BCUT2D eigenvalue weighted by Crippen LogP contribution is -2.43. The third-order valence-corrected chi connectivity index (χ3v) is 13.1. The first-order chi connectivity index (χ1) is 29.7. The van der Waals surface area contributed by atoms with E-state index in [4.69, 9.17) is 37.8 Å². The first-order valence-corrected chi connectivity index (χ1v) is 21.5. The minimum atomic E-state index is -1.08. The fourth-order valence-corrected chi connectivity index (χ4v) is 9.75. The first-order valence-electron chi connectivity index (χ1n) is 20.8. The number of aromatic nitrogens is 5. The molecule has 0 saturated heterocycles. The van der Waals surface area contributed by atoms with Crippen molar-refractivity contribution in [2.45, 2.75) is 67.0 Å². The standard InChI is InChI=1S/C48H47Cl2N7O5/c1-25-17-32-22-39(48(59)60)55(24-33-21-31(12-13-51-33)46-52-14-16-62-46)43(32)38(18-25)56-23-28(4)57-44-36(10-11-37(49)41(44)40-29(5)53-54(7)30(40)6)35(45(57)47(56)58)9-8-15-61-34-19-26(2)42(50)27(3)20-34/h10-13,17-22,28H,8-9,14-16,23-24H2,1-7H3,(H,59,60). The molecule has 4 aromatic heterocycles. The summed E-state index contributed by atoms with van der Waals surface area (Å²) in [4.78, 5) is 39.4. The second-order valence-corrected chi connectivity index (χ2v) is 17.3. The maximum Gasteiger partial charge on any atom is 0.352 e. The molecule has 1 N–H and O–H groups in total. The Balaban J connectivity index is 1.19. The van der Waals surface area contributed by atoms with Crippen LogP contribution in [-0.4, -0.2) is 73.1 Å². The number of rotatable bonds is 11. The molecule has 14 heteroatoms. The van der Waals surface area contributed by atoms with Crippen LogP contribution in [0.25, 0.3) is 32.9 Å². The molecule has 2 aliphatic rings. The molecule has 9 rings (SSSR count). The summed E-state index contributed by atoms with van der Waals surface area (Å²) >= 11 is 13.6. The Kier molecular flexibility index (Phi) is 10.6. The third kappa shape index (κ3) is 6.99. The molecule has 0 fully saturated rings. The highest BCUT2D eigenvalue weighted by Crippen LogP contribution is 2.46. The van der Waals surface area contributed by atoms with Crippen LogP contribution in [0, 0.1) is 34.6 Å². The number of aromatic carboxylic acids is 1. The van der Waals surface area contributed by atoms with E-state index in [0.29, 0.717) is 78.0 Å². The maximum atomic E-state index is 15.6. The third-order valence-electron chi connectivity index (χ3n) is 12.2. The smallest absolute Gasteiger partial charge is 0.352 e. The van der Waals surface area contributed by atoms with Gasteiger partial charge in [0.2, 0.25) is 5.90 Å². The summed E-state index contributed by atoms with van der Waals surface area (Å²) in [5.74, 6) is 0.0194. The molecule has 0 bridgehead atoms. The molecular formula is C48H47Cl2N7O5. The SMILES string of the molecule is Cc1cc(N2CC(C)n3c(c(CCCOc4cc(C)c(Cl)c(C)c4)c4ccc(Cl)c(-c5c(C)nn(C)c5C)c43)C2=O)c2c(c1)cc(C(=O)O)n2Cc1cc(C2=NCCO2)ccn1. The van der Waals surface area contributed by atoms with Crippen molar-refractivity contribution in [2.75, 3.05) is 31.2 Å². The Morgan fingerprint density at radius 1 is 0.984 bits per heavy atom. The van der Waals surface area contributed by atoms with Crippen LogP contribution in [-0.2, 0) is 24.8 Å². The molecule has 0 radical (unpaired) electrons. The van der Waals surface area contributed by atoms with Gasteiger partial charge in [0, 0.05) is 64.0 Å². The van der Waals surface area contributed by atoms with Crippen molar-refractivity contribution < 1.29 is 24.2 Å². The number of carbonyl (C=O) groups is 2. The van der Waals surface area contributed by atoms with Crippen molar-refractivity contribution in [1.29, 1.82) is 0 Å². The molecule has 7 aromatic rings. The highest BCUT2D eigenvalue weighted by atomic mass is 35.5. The van der Waals surface area contributed by atoms with Gasteiger partial charge in [0.15, 0.2) is 0 Å². The number of amides is 1. The number of hydrogen-bond acceptors (Lipinski definition) is 7. The van der Waals surface area contributed by atoms with Crippen LogP contribution in [0.4, 0.5) is 5.69 Å². The number of aryl methyl sites for hydroxylation is 6. The highest BCUT2D eigenvalue weighted by molar-refractivity contribution is 6.35. The molecule has 2 aliphatic heterocycles. The normalized spacial score (nSPS) is 15.1. The van der Waals surface area contributed by atoms with Gasteiger partial charge in [-0.2, -0.15) is 5.10 Å². The summed E-state index contributed by atoms with van der Waals surface area (Å²) in [6.07, 6.45) is 2.85. The molecule has 62 heavy (non-hydrogen) atoms. The van der Waals surface area contributed by atoms with Crippen LogP contribution >= 0.6 is 23.2 Å². The molecule has 318 valence electrons. The number of carboxylic acid groups (broad SMARTS) is 1. The number of halogens is 2. The Morgan fingerprint density at radius 3 is 2.45 bits per heavy atom. The molecule has 0 aliphatic carbocycles. The molecule has 6 heterocycles. The number of ether oxygens (including phenoxy) is 2. The lowest BCUT2D eigenvalue weighted by Gasteiger charge is -2.35. The summed E-state index contributed by atoms with van der Waals surface area (Å²) in [6.45, 7) is 14.0. The second-order valence-electron chi connectivity index (χ2n) is 16.5. The summed E-state index contributed by atoms with van der Waals surface area (Å²) in [5, 5.41) is 18.3.